The van der Waals surface area contributed by atoms with Crippen LogP contribution in [0.15, 0.2) is 48.5 Å². The lowest BCUT2D eigenvalue weighted by Gasteiger charge is -2.10. The first-order valence-electron chi connectivity index (χ1n) is 6.08. The molecular formula is C15H14N4. The zero-order valence-electron chi connectivity index (χ0n) is 10.6. The maximum absolute atomic E-state index is 5.73. The van der Waals surface area contributed by atoms with Gasteiger partial charge in [0.1, 0.15) is 17.5 Å². The second-order valence-electron chi connectivity index (χ2n) is 4.38. The lowest BCUT2D eigenvalue weighted by molar-refractivity contribution is 1.06. The molecule has 0 aliphatic carbocycles. The van der Waals surface area contributed by atoms with Crippen molar-refractivity contribution >= 4 is 28.1 Å². The SMILES string of the molecule is Cc1nc(N)cc(Nc2cccc3ccccc23)n1. The average Bonchev–Trinajstić information content (AvgIpc) is 2.38. The summed E-state index contributed by atoms with van der Waals surface area (Å²) in [4.78, 5) is 8.40. The van der Waals surface area contributed by atoms with Crippen LogP contribution in [0, 0.1) is 6.92 Å². The maximum atomic E-state index is 5.73. The fourth-order valence-electron chi connectivity index (χ4n) is 2.13. The van der Waals surface area contributed by atoms with Gasteiger partial charge in [-0.05, 0) is 18.4 Å². The van der Waals surface area contributed by atoms with E-state index in [0.29, 0.717) is 17.5 Å². The summed E-state index contributed by atoms with van der Waals surface area (Å²) in [7, 11) is 0. The predicted octanol–water partition coefficient (Wildman–Crippen LogP) is 3.26. The second kappa shape index (κ2) is 4.57. The van der Waals surface area contributed by atoms with E-state index >= 15 is 0 Å². The van der Waals surface area contributed by atoms with E-state index in [1.165, 1.54) is 5.39 Å². The van der Waals surface area contributed by atoms with Gasteiger partial charge in [0.25, 0.3) is 0 Å². The summed E-state index contributed by atoms with van der Waals surface area (Å²) in [5.74, 6) is 1.83. The van der Waals surface area contributed by atoms with Crippen LogP contribution in [0.2, 0.25) is 0 Å². The van der Waals surface area contributed by atoms with Crippen molar-refractivity contribution in [1.29, 1.82) is 0 Å². The number of benzene rings is 2. The van der Waals surface area contributed by atoms with Crippen LogP contribution in [-0.4, -0.2) is 9.97 Å². The van der Waals surface area contributed by atoms with Crippen molar-refractivity contribution in [2.75, 3.05) is 11.1 Å². The van der Waals surface area contributed by atoms with Crippen molar-refractivity contribution in [3.8, 4) is 0 Å². The Morgan fingerprint density at radius 3 is 2.63 bits per heavy atom. The van der Waals surface area contributed by atoms with E-state index in [0.717, 1.165) is 11.1 Å². The number of hydrogen-bond donors (Lipinski definition) is 2. The maximum Gasteiger partial charge on any atom is 0.136 e. The van der Waals surface area contributed by atoms with E-state index in [1.54, 1.807) is 6.07 Å². The van der Waals surface area contributed by atoms with Gasteiger partial charge in [0, 0.05) is 17.1 Å². The molecule has 4 heteroatoms. The number of nitrogens with one attached hydrogen (secondary N) is 1. The molecule has 3 rings (SSSR count). The molecule has 2 aromatic carbocycles. The van der Waals surface area contributed by atoms with E-state index in [2.05, 4.69) is 33.5 Å². The molecule has 0 aliphatic heterocycles. The van der Waals surface area contributed by atoms with Crippen LogP contribution in [0.4, 0.5) is 17.3 Å². The van der Waals surface area contributed by atoms with E-state index in [4.69, 9.17) is 5.73 Å². The van der Waals surface area contributed by atoms with Gasteiger partial charge in [-0.2, -0.15) is 0 Å². The van der Waals surface area contributed by atoms with Crippen LogP contribution in [0.3, 0.4) is 0 Å². The summed E-state index contributed by atoms with van der Waals surface area (Å²) in [6, 6.07) is 16.1. The van der Waals surface area contributed by atoms with Crippen molar-refractivity contribution in [2.45, 2.75) is 6.92 Å². The van der Waals surface area contributed by atoms with Gasteiger partial charge in [-0.15, -0.1) is 0 Å². The van der Waals surface area contributed by atoms with Crippen LogP contribution >= 0.6 is 0 Å². The minimum absolute atomic E-state index is 0.468. The lowest BCUT2D eigenvalue weighted by Crippen LogP contribution is -2.00. The summed E-state index contributed by atoms with van der Waals surface area (Å²) >= 11 is 0. The molecule has 1 heterocycles. The Hall–Kier alpha value is -2.62. The van der Waals surface area contributed by atoms with Crippen LogP contribution in [-0.2, 0) is 0 Å². The fraction of sp³-hybridized carbons (Fsp3) is 0.0667. The average molecular weight is 250 g/mol. The van der Waals surface area contributed by atoms with Crippen LogP contribution in [0.25, 0.3) is 10.8 Å². The van der Waals surface area contributed by atoms with Gasteiger partial charge in [-0.25, -0.2) is 9.97 Å². The smallest absolute Gasteiger partial charge is 0.136 e. The molecule has 0 atom stereocenters. The Kier molecular flexibility index (Phi) is 2.76. The predicted molar refractivity (Wildman–Crippen MR) is 78.4 cm³/mol. The summed E-state index contributed by atoms with van der Waals surface area (Å²) in [6.45, 7) is 1.82. The molecule has 3 N–H and O–H groups in total. The Labute approximate surface area is 111 Å². The molecule has 4 nitrogen and oxygen atoms in total. The Balaban J connectivity index is 2.05. The molecule has 0 aliphatic rings. The number of aryl methyl sites for hydroxylation is 1. The van der Waals surface area contributed by atoms with Gasteiger partial charge < -0.3 is 11.1 Å². The monoisotopic (exact) mass is 250 g/mol. The molecule has 0 bridgehead atoms. The van der Waals surface area contributed by atoms with Crippen LogP contribution in [0.5, 0.6) is 0 Å². The molecule has 1 aromatic heterocycles. The summed E-state index contributed by atoms with van der Waals surface area (Å²) < 4.78 is 0. The van der Waals surface area contributed by atoms with Gasteiger partial charge in [0.15, 0.2) is 0 Å². The molecule has 0 fully saturated rings. The summed E-state index contributed by atoms with van der Waals surface area (Å²) in [5, 5.41) is 5.64. The van der Waals surface area contributed by atoms with E-state index in [-0.39, 0.29) is 0 Å². The normalized spacial score (nSPS) is 10.6. The molecule has 19 heavy (non-hydrogen) atoms. The molecular weight excluding hydrogens is 236 g/mol. The highest BCUT2D eigenvalue weighted by Crippen LogP contribution is 2.25. The van der Waals surface area contributed by atoms with Gasteiger partial charge in [0.2, 0.25) is 0 Å². The minimum Gasteiger partial charge on any atom is -0.384 e. The summed E-state index contributed by atoms with van der Waals surface area (Å²) in [6.07, 6.45) is 0. The molecule has 0 amide bonds. The molecule has 0 spiro atoms. The van der Waals surface area contributed by atoms with E-state index in [9.17, 15) is 0 Å². The zero-order valence-corrected chi connectivity index (χ0v) is 10.6. The van der Waals surface area contributed by atoms with Crippen molar-refractivity contribution in [1.82, 2.24) is 9.97 Å². The molecule has 0 saturated heterocycles. The minimum atomic E-state index is 0.468. The molecule has 0 unspecified atom stereocenters. The van der Waals surface area contributed by atoms with Crippen LogP contribution in [0.1, 0.15) is 5.82 Å². The standard InChI is InChI=1S/C15H14N4/c1-10-17-14(16)9-15(18-10)19-13-8-4-6-11-5-2-3-7-12(11)13/h2-9H,1H3,(H3,16,17,18,19). The topological polar surface area (TPSA) is 63.8 Å². The van der Waals surface area contributed by atoms with Crippen molar-refractivity contribution in [3.05, 3.63) is 54.4 Å². The van der Waals surface area contributed by atoms with Crippen molar-refractivity contribution in [3.63, 3.8) is 0 Å². The Bertz CT molecular complexity index is 712. The van der Waals surface area contributed by atoms with Gasteiger partial charge >= 0.3 is 0 Å². The van der Waals surface area contributed by atoms with Crippen LogP contribution < -0.4 is 11.1 Å². The molecule has 3 aromatic rings. The van der Waals surface area contributed by atoms with Gasteiger partial charge in [0.05, 0.1) is 0 Å². The fourth-order valence-corrected chi connectivity index (χ4v) is 2.13. The van der Waals surface area contributed by atoms with Crippen molar-refractivity contribution in [2.24, 2.45) is 0 Å². The van der Waals surface area contributed by atoms with E-state index in [1.807, 2.05) is 31.2 Å². The quantitative estimate of drug-likeness (QED) is 0.732. The third-order valence-electron chi connectivity index (χ3n) is 2.91. The number of nitrogens with zero attached hydrogens (tertiary/aromatic N) is 2. The van der Waals surface area contributed by atoms with Gasteiger partial charge in [-0.3, -0.25) is 0 Å². The highest BCUT2D eigenvalue weighted by atomic mass is 15.0. The third kappa shape index (κ3) is 2.33. The largest absolute Gasteiger partial charge is 0.384 e. The number of anilines is 3. The third-order valence-corrected chi connectivity index (χ3v) is 2.91. The Morgan fingerprint density at radius 2 is 1.79 bits per heavy atom. The number of fused-ring (bicyclic) bond motifs is 1. The zero-order chi connectivity index (χ0) is 13.2. The number of aromatic nitrogens is 2. The number of rotatable bonds is 2. The number of hydrogen-bond acceptors (Lipinski definition) is 4. The first-order valence-corrected chi connectivity index (χ1v) is 6.08. The highest BCUT2D eigenvalue weighted by molar-refractivity contribution is 5.95. The molecule has 94 valence electrons. The first kappa shape index (κ1) is 11.5. The highest BCUT2D eigenvalue weighted by Gasteiger charge is 2.03. The molecule has 0 radical (unpaired) electrons. The van der Waals surface area contributed by atoms with Gasteiger partial charge in [-0.1, -0.05) is 36.4 Å². The van der Waals surface area contributed by atoms with E-state index < -0.39 is 0 Å². The lowest BCUT2D eigenvalue weighted by atomic mass is 10.1. The number of nitrogen functional groups attached to an aromatic ring is 1. The number of nitrogens with two attached hydrogens (primary N) is 1. The Morgan fingerprint density at radius 1 is 1.00 bits per heavy atom. The first-order chi connectivity index (χ1) is 9.22. The van der Waals surface area contributed by atoms with Crippen molar-refractivity contribution < 1.29 is 0 Å². The molecule has 0 saturated carbocycles. The second-order valence-corrected chi connectivity index (χ2v) is 4.38. The summed E-state index contributed by atoms with van der Waals surface area (Å²) in [5.41, 5.74) is 6.74.